The fourth-order valence-corrected chi connectivity index (χ4v) is 2.30. The van der Waals surface area contributed by atoms with Crippen LogP contribution in [-0.2, 0) is 0 Å². The number of fused-ring (bicyclic) bond motifs is 1. The third-order valence-electron chi connectivity index (χ3n) is 3.22. The molecule has 0 unspecified atom stereocenters. The first-order valence-corrected chi connectivity index (χ1v) is 6.12. The summed E-state index contributed by atoms with van der Waals surface area (Å²) < 4.78 is 5.35. The van der Waals surface area contributed by atoms with Gasteiger partial charge in [-0.25, -0.2) is 0 Å². The Balaban J connectivity index is 2.36. The number of aromatic amines is 1. The van der Waals surface area contributed by atoms with E-state index in [0.29, 0.717) is 22.6 Å². The summed E-state index contributed by atoms with van der Waals surface area (Å²) in [5.41, 5.74) is 8.01. The van der Waals surface area contributed by atoms with Gasteiger partial charge < -0.3 is 10.5 Å². The van der Waals surface area contributed by atoms with Gasteiger partial charge in [0.05, 0.1) is 23.8 Å². The molecule has 0 saturated carbocycles. The topological polar surface area (TPSA) is 81.0 Å². The van der Waals surface area contributed by atoms with Crippen LogP contribution in [0.2, 0.25) is 0 Å². The molecule has 0 aliphatic rings. The Morgan fingerprint density at radius 2 is 2.00 bits per heavy atom. The molecule has 0 spiro atoms. The molecule has 0 radical (unpaired) electrons. The number of amides is 1. The number of carbonyl (C=O) groups excluding carboxylic acids is 1. The zero-order chi connectivity index (χ0) is 14.1. The molecule has 2 aromatic carbocycles. The van der Waals surface area contributed by atoms with Crippen molar-refractivity contribution in [2.75, 3.05) is 7.11 Å². The summed E-state index contributed by atoms with van der Waals surface area (Å²) in [6.45, 7) is 0. The van der Waals surface area contributed by atoms with Crippen LogP contribution in [-0.4, -0.2) is 23.2 Å². The summed E-state index contributed by atoms with van der Waals surface area (Å²) in [6.07, 6.45) is 0. The lowest BCUT2D eigenvalue weighted by atomic mass is 10.00. The van der Waals surface area contributed by atoms with Gasteiger partial charge in [-0.2, -0.15) is 5.10 Å². The Morgan fingerprint density at radius 3 is 2.75 bits per heavy atom. The Labute approximate surface area is 115 Å². The Bertz CT molecular complexity index is 793. The van der Waals surface area contributed by atoms with Gasteiger partial charge in [0, 0.05) is 5.39 Å². The number of carbonyl (C=O) groups is 1. The smallest absolute Gasteiger partial charge is 0.249 e. The van der Waals surface area contributed by atoms with E-state index in [1.165, 1.54) is 0 Å². The van der Waals surface area contributed by atoms with Crippen molar-refractivity contribution in [3.63, 3.8) is 0 Å². The van der Waals surface area contributed by atoms with E-state index in [1.807, 2.05) is 24.3 Å². The van der Waals surface area contributed by atoms with E-state index in [2.05, 4.69) is 10.2 Å². The number of aromatic nitrogens is 2. The van der Waals surface area contributed by atoms with Gasteiger partial charge in [0.25, 0.3) is 0 Å². The summed E-state index contributed by atoms with van der Waals surface area (Å²) in [5.74, 6) is 0.0598. The largest absolute Gasteiger partial charge is 0.496 e. The zero-order valence-corrected chi connectivity index (χ0v) is 10.9. The number of ether oxygens (including phenoxy) is 1. The molecular weight excluding hydrogens is 254 g/mol. The molecule has 0 atom stereocenters. The summed E-state index contributed by atoms with van der Waals surface area (Å²) >= 11 is 0. The lowest BCUT2D eigenvalue weighted by molar-refractivity contribution is 0.100. The maximum Gasteiger partial charge on any atom is 0.249 e. The molecule has 5 nitrogen and oxygen atoms in total. The summed E-state index contributed by atoms with van der Waals surface area (Å²) in [5, 5.41) is 8.17. The number of hydrogen-bond donors (Lipinski definition) is 2. The number of H-pyrrole nitrogens is 1. The summed E-state index contributed by atoms with van der Waals surface area (Å²) in [7, 11) is 1.55. The van der Waals surface area contributed by atoms with Crippen LogP contribution in [0.1, 0.15) is 10.4 Å². The molecule has 100 valence electrons. The molecule has 1 amide bonds. The van der Waals surface area contributed by atoms with Crippen molar-refractivity contribution in [1.29, 1.82) is 0 Å². The van der Waals surface area contributed by atoms with Crippen LogP contribution in [0.5, 0.6) is 5.75 Å². The lowest BCUT2D eigenvalue weighted by Crippen LogP contribution is -2.13. The van der Waals surface area contributed by atoms with Gasteiger partial charge in [-0.1, -0.05) is 24.3 Å². The van der Waals surface area contributed by atoms with E-state index in [1.54, 1.807) is 25.3 Å². The average molecular weight is 267 g/mol. The highest BCUT2D eigenvalue weighted by Crippen LogP contribution is 2.35. The van der Waals surface area contributed by atoms with Crippen LogP contribution in [0, 0.1) is 0 Å². The van der Waals surface area contributed by atoms with Crippen LogP contribution in [0.3, 0.4) is 0 Å². The van der Waals surface area contributed by atoms with Crippen LogP contribution in [0.4, 0.5) is 0 Å². The fourth-order valence-electron chi connectivity index (χ4n) is 2.30. The Hall–Kier alpha value is -2.82. The number of nitrogens with one attached hydrogen (secondary N) is 1. The van der Waals surface area contributed by atoms with Crippen molar-refractivity contribution in [2.24, 2.45) is 5.73 Å². The van der Waals surface area contributed by atoms with E-state index < -0.39 is 5.91 Å². The first-order valence-electron chi connectivity index (χ1n) is 6.12. The number of methoxy groups -OCH3 is 1. The molecular formula is C15H13N3O2. The van der Waals surface area contributed by atoms with E-state index in [9.17, 15) is 4.79 Å². The quantitative estimate of drug-likeness (QED) is 0.764. The maximum atomic E-state index is 11.6. The second-order valence-corrected chi connectivity index (χ2v) is 4.36. The summed E-state index contributed by atoms with van der Waals surface area (Å²) in [6, 6.07) is 12.9. The number of hydrogen-bond acceptors (Lipinski definition) is 3. The fraction of sp³-hybridized carbons (Fsp3) is 0.0667. The van der Waals surface area contributed by atoms with Gasteiger partial charge in [0.15, 0.2) is 0 Å². The number of nitrogens with zero attached hydrogens (tertiary/aromatic N) is 1. The predicted octanol–water partition coefficient (Wildman–Crippen LogP) is 2.34. The van der Waals surface area contributed by atoms with Crippen molar-refractivity contribution < 1.29 is 9.53 Å². The number of rotatable bonds is 3. The van der Waals surface area contributed by atoms with Gasteiger partial charge in [0.1, 0.15) is 11.4 Å². The van der Waals surface area contributed by atoms with Crippen molar-refractivity contribution in [3.8, 4) is 17.0 Å². The predicted molar refractivity (Wildman–Crippen MR) is 76.6 cm³/mol. The van der Waals surface area contributed by atoms with Gasteiger partial charge >= 0.3 is 0 Å². The SMILES string of the molecule is COc1cccc(C(N)=O)c1-c1n[nH]c2ccccc12. The van der Waals surface area contributed by atoms with E-state index >= 15 is 0 Å². The molecule has 3 rings (SSSR count). The summed E-state index contributed by atoms with van der Waals surface area (Å²) in [4.78, 5) is 11.6. The van der Waals surface area contributed by atoms with Crippen molar-refractivity contribution in [2.45, 2.75) is 0 Å². The minimum absolute atomic E-state index is 0.390. The lowest BCUT2D eigenvalue weighted by Gasteiger charge is -2.10. The number of benzene rings is 2. The minimum atomic E-state index is -0.508. The van der Waals surface area contributed by atoms with Gasteiger partial charge in [-0.05, 0) is 18.2 Å². The van der Waals surface area contributed by atoms with Crippen molar-refractivity contribution in [3.05, 3.63) is 48.0 Å². The van der Waals surface area contributed by atoms with E-state index in [-0.39, 0.29) is 0 Å². The van der Waals surface area contributed by atoms with Crippen LogP contribution >= 0.6 is 0 Å². The van der Waals surface area contributed by atoms with Gasteiger partial charge in [0.2, 0.25) is 5.91 Å². The van der Waals surface area contributed by atoms with Crippen molar-refractivity contribution in [1.82, 2.24) is 10.2 Å². The molecule has 0 fully saturated rings. The molecule has 1 aromatic heterocycles. The Morgan fingerprint density at radius 1 is 1.20 bits per heavy atom. The molecule has 0 bridgehead atoms. The highest BCUT2D eigenvalue weighted by atomic mass is 16.5. The van der Waals surface area contributed by atoms with Gasteiger partial charge in [-0.3, -0.25) is 9.89 Å². The Kier molecular flexibility index (Phi) is 2.87. The third-order valence-corrected chi connectivity index (χ3v) is 3.22. The molecule has 3 N–H and O–H groups in total. The number of primary amides is 1. The minimum Gasteiger partial charge on any atom is -0.496 e. The monoisotopic (exact) mass is 267 g/mol. The van der Waals surface area contributed by atoms with E-state index in [4.69, 9.17) is 10.5 Å². The standard InChI is InChI=1S/C15H13N3O2/c1-20-12-8-4-6-10(15(16)19)13(12)14-9-5-2-3-7-11(9)17-18-14/h2-8H,1H3,(H2,16,19)(H,17,18). The van der Waals surface area contributed by atoms with Crippen LogP contribution in [0.25, 0.3) is 22.2 Å². The number of para-hydroxylation sites is 1. The number of nitrogens with two attached hydrogens (primary N) is 1. The zero-order valence-electron chi connectivity index (χ0n) is 10.9. The second kappa shape index (κ2) is 4.70. The molecule has 5 heteroatoms. The first-order chi connectivity index (χ1) is 9.72. The third kappa shape index (κ3) is 1.80. The highest BCUT2D eigenvalue weighted by Gasteiger charge is 2.19. The normalized spacial score (nSPS) is 10.7. The van der Waals surface area contributed by atoms with E-state index in [0.717, 1.165) is 10.9 Å². The van der Waals surface area contributed by atoms with Crippen LogP contribution in [0.15, 0.2) is 42.5 Å². The molecule has 0 aliphatic carbocycles. The molecule has 1 heterocycles. The molecule has 0 saturated heterocycles. The molecule has 0 aliphatic heterocycles. The van der Waals surface area contributed by atoms with Gasteiger partial charge in [-0.15, -0.1) is 0 Å². The highest BCUT2D eigenvalue weighted by molar-refractivity contribution is 6.05. The average Bonchev–Trinajstić information content (AvgIpc) is 2.90. The van der Waals surface area contributed by atoms with Crippen molar-refractivity contribution >= 4 is 16.8 Å². The van der Waals surface area contributed by atoms with Crippen LogP contribution < -0.4 is 10.5 Å². The second-order valence-electron chi connectivity index (χ2n) is 4.36. The molecule has 20 heavy (non-hydrogen) atoms. The first kappa shape index (κ1) is 12.2. The maximum absolute atomic E-state index is 11.6. The molecule has 3 aromatic rings.